The van der Waals surface area contributed by atoms with Crippen molar-refractivity contribution in [2.45, 2.75) is 180 Å². The zero-order valence-corrected chi connectivity index (χ0v) is 43.4. The average Bonchev–Trinajstić information content (AvgIpc) is 3.73. The summed E-state index contributed by atoms with van der Waals surface area (Å²) in [7, 11) is 3.39. The number of esters is 1. The van der Waals surface area contributed by atoms with E-state index in [0.717, 1.165) is 31.8 Å². The van der Waals surface area contributed by atoms with Crippen LogP contribution in [0.1, 0.15) is 120 Å². The Morgan fingerprint density at radius 1 is 0.896 bits per heavy atom. The van der Waals surface area contributed by atoms with Crippen molar-refractivity contribution >= 4 is 35.1 Å². The number of carbonyl (C=O) groups excluding carboxylic acids is 2. The summed E-state index contributed by atoms with van der Waals surface area (Å²) < 4.78 is 20.7. The first-order valence-electron chi connectivity index (χ1n) is 25.0. The van der Waals surface area contributed by atoms with Crippen molar-refractivity contribution in [2.75, 3.05) is 26.8 Å². The summed E-state index contributed by atoms with van der Waals surface area (Å²) in [5.74, 6) is -2.05. The molecule has 0 bridgehead atoms. The molecule has 376 valence electrons. The average molecular weight is 953 g/mol. The van der Waals surface area contributed by atoms with Crippen LogP contribution in [0, 0.1) is 17.8 Å². The molecule has 5 rings (SSSR count). The fourth-order valence-electron chi connectivity index (χ4n) is 11.3. The summed E-state index contributed by atoms with van der Waals surface area (Å²) in [6.07, 6.45) is 5.70. The van der Waals surface area contributed by atoms with E-state index in [1.807, 2.05) is 57.7 Å². The quantitative estimate of drug-likeness (QED) is 0.0839. The molecule has 4 N–H and O–H groups in total. The predicted octanol–water partition coefficient (Wildman–Crippen LogP) is 5.70. The smallest absolute Gasteiger partial charge is 0.383 e. The molecule has 1 amide bonds. The minimum absolute atomic E-state index is 0.156. The van der Waals surface area contributed by atoms with E-state index in [0.29, 0.717) is 12.8 Å². The van der Waals surface area contributed by atoms with Crippen LogP contribution in [0.4, 0.5) is 0 Å². The van der Waals surface area contributed by atoms with Crippen LogP contribution in [0.15, 0.2) is 73.1 Å². The van der Waals surface area contributed by atoms with E-state index < -0.39 is 73.0 Å². The van der Waals surface area contributed by atoms with Gasteiger partial charge in [0.25, 0.3) is 0 Å². The number of aryl methyl sites for hydroxylation is 1. The predicted molar refractivity (Wildman–Crippen MR) is 269 cm³/mol. The summed E-state index contributed by atoms with van der Waals surface area (Å²) in [6, 6.07) is 20.6. The molecule has 13 atom stereocenters. The van der Waals surface area contributed by atoms with Crippen molar-refractivity contribution in [1.82, 2.24) is 19.6 Å². The Hall–Kier alpha value is -3.26. The van der Waals surface area contributed by atoms with Crippen LogP contribution in [-0.2, 0) is 30.8 Å². The van der Waals surface area contributed by atoms with Gasteiger partial charge in [-0.05, 0) is 60.0 Å². The van der Waals surface area contributed by atoms with Crippen LogP contribution in [0.3, 0.4) is 0 Å². The molecule has 2 aliphatic heterocycles. The van der Waals surface area contributed by atoms with E-state index >= 15 is 0 Å². The Morgan fingerprint density at radius 2 is 1.49 bits per heavy atom. The van der Waals surface area contributed by atoms with E-state index in [1.165, 1.54) is 22.8 Å². The van der Waals surface area contributed by atoms with Crippen molar-refractivity contribution in [3.8, 4) is 0 Å². The number of rotatable bonds is 15. The van der Waals surface area contributed by atoms with Crippen LogP contribution < -0.4 is 15.9 Å². The molecule has 0 spiro atoms. The molecular weight excluding hydrogens is 868 g/mol. The standard InChI is InChI=1S/C53H85N4O9P/c1-12-45-53(8,63)48(60)40(6)57(34-36(2)32-52(7,62)49(37(3)30-38(4)50(61)65-45)66-51-47(59)44(55(9)10)31-39(5)64-51)46(58)28-22-14-13-15-23-29-67(41-24-18-16-19-25-41,42-26-20-17-21-27-42)43-33-54-56(11)35-43/h16-21,24-27,33,35-40,44-45,47-49,51,59-60,62-63,67H,12-15,22-23,28-32,34H2,1-11H3/t36-,37+,38-,39-,40-,44+,45-,47-,48-,49-,51+,52-,53-/m1/s1. The number of hydrogen-bond acceptors (Lipinski definition) is 11. The third kappa shape index (κ3) is 13.3. The van der Waals surface area contributed by atoms with E-state index in [9.17, 15) is 30.0 Å². The van der Waals surface area contributed by atoms with Gasteiger partial charge in [-0.15, -0.1) is 0 Å². The van der Waals surface area contributed by atoms with Crippen molar-refractivity contribution in [3.05, 3.63) is 73.1 Å². The van der Waals surface area contributed by atoms with Crippen LogP contribution in [-0.4, -0.2) is 139 Å². The maximum absolute atomic E-state index is 14.4. The number of likely N-dealkylation sites (N-methyl/N-ethyl adjacent to an activating group) is 1. The van der Waals surface area contributed by atoms with E-state index in [4.69, 9.17) is 14.2 Å². The Balaban J connectivity index is 1.32. The summed E-state index contributed by atoms with van der Waals surface area (Å²) in [5.41, 5.74) is -3.37. The van der Waals surface area contributed by atoms with Crippen molar-refractivity contribution < 1.29 is 44.2 Å². The molecule has 2 aromatic carbocycles. The second kappa shape index (κ2) is 24.0. The minimum Gasteiger partial charge on any atom is -0.383 e. The number of benzene rings is 2. The van der Waals surface area contributed by atoms with Gasteiger partial charge in [-0.1, -0.05) is 20.8 Å². The van der Waals surface area contributed by atoms with E-state index in [2.05, 4.69) is 72.0 Å². The van der Waals surface area contributed by atoms with Gasteiger partial charge in [0.1, 0.15) is 12.2 Å². The van der Waals surface area contributed by atoms with Gasteiger partial charge < -0.3 is 34.4 Å². The number of aromatic nitrogens is 2. The van der Waals surface area contributed by atoms with Gasteiger partial charge in [-0.2, -0.15) is 0 Å². The third-order valence-corrected chi connectivity index (χ3v) is 19.9. The number of hydrogen-bond donors (Lipinski definition) is 4. The first kappa shape index (κ1) is 54.7. The first-order valence-corrected chi connectivity index (χ1v) is 27.2. The fourth-order valence-corrected chi connectivity index (χ4v) is 16.1. The summed E-state index contributed by atoms with van der Waals surface area (Å²) >= 11 is 0. The molecule has 3 aromatic rings. The molecule has 67 heavy (non-hydrogen) atoms. The second-order valence-electron chi connectivity index (χ2n) is 21.0. The van der Waals surface area contributed by atoms with Crippen molar-refractivity contribution in [1.29, 1.82) is 0 Å². The van der Waals surface area contributed by atoms with Crippen LogP contribution in [0.5, 0.6) is 0 Å². The summed E-state index contributed by atoms with van der Waals surface area (Å²) in [5, 5.41) is 56.5. The molecule has 0 unspecified atom stereocenters. The normalized spacial score (nSPS) is 33.2. The SMILES string of the molecule is CC[C@H]1OC(=O)[C@H](C)C[C@H](C)[C@@H](O[C@@H]2O[C@H](C)C[C@H](N(C)C)[C@H]2O)[C@](C)(O)C[C@@H](C)CN(C(=O)CCCCCCC[PH](c2ccccc2)(c2ccccc2)c2cnn(C)c2)[C@H](C)[C@@H](O)[C@]1(C)O. The van der Waals surface area contributed by atoms with Crippen LogP contribution in [0.2, 0.25) is 0 Å². The summed E-state index contributed by atoms with van der Waals surface area (Å²) in [4.78, 5) is 31.8. The van der Waals surface area contributed by atoms with Gasteiger partial charge in [0.2, 0.25) is 0 Å². The molecule has 13 nitrogen and oxygen atoms in total. The Kier molecular flexibility index (Phi) is 19.6. The number of ether oxygens (including phenoxy) is 3. The van der Waals surface area contributed by atoms with Gasteiger partial charge in [0, 0.05) is 6.04 Å². The Morgan fingerprint density at radius 3 is 2.06 bits per heavy atom. The molecule has 14 heteroatoms. The molecule has 0 radical (unpaired) electrons. The summed E-state index contributed by atoms with van der Waals surface area (Å²) in [6.45, 7) is 14.5. The molecule has 3 heterocycles. The van der Waals surface area contributed by atoms with Gasteiger partial charge in [0.05, 0.1) is 23.7 Å². The van der Waals surface area contributed by atoms with Gasteiger partial charge in [0.15, 0.2) is 6.29 Å². The number of carbonyl (C=O) groups is 2. The first-order chi connectivity index (χ1) is 31.6. The second-order valence-corrected chi connectivity index (χ2v) is 25.1. The van der Waals surface area contributed by atoms with Crippen molar-refractivity contribution in [3.63, 3.8) is 0 Å². The maximum atomic E-state index is 14.4. The molecule has 1 aromatic heterocycles. The fraction of sp³-hybridized carbons (Fsp3) is 0.679. The van der Waals surface area contributed by atoms with Crippen LogP contribution >= 0.6 is 7.26 Å². The number of aliphatic hydroxyl groups excluding tert-OH is 2. The monoisotopic (exact) mass is 953 g/mol. The Bertz CT molecular complexity index is 1940. The third-order valence-electron chi connectivity index (χ3n) is 14.9. The van der Waals surface area contributed by atoms with E-state index in [-0.39, 0.29) is 56.2 Å². The number of unbranched alkanes of at least 4 members (excludes halogenated alkanes) is 4. The van der Waals surface area contributed by atoms with E-state index in [1.54, 1.807) is 32.6 Å². The van der Waals surface area contributed by atoms with Crippen LogP contribution in [0.25, 0.3) is 0 Å². The van der Waals surface area contributed by atoms with Gasteiger partial charge in [-0.25, -0.2) is 0 Å². The zero-order chi connectivity index (χ0) is 49.3. The molecule has 2 aliphatic rings. The topological polar surface area (TPSA) is 167 Å². The molecular formula is C53H85N4O9P. The Labute approximate surface area is 401 Å². The van der Waals surface area contributed by atoms with Gasteiger partial charge >= 0.3 is 235 Å². The zero-order valence-electron chi connectivity index (χ0n) is 42.4. The molecule has 2 fully saturated rings. The number of aliphatic hydroxyl groups is 4. The molecule has 2 saturated heterocycles. The molecule has 0 aliphatic carbocycles. The minimum atomic E-state index is -2.40. The van der Waals surface area contributed by atoms with Crippen molar-refractivity contribution in [2.24, 2.45) is 24.8 Å². The molecule has 0 saturated carbocycles. The van der Waals surface area contributed by atoms with Gasteiger partial charge in [-0.3, -0.25) is 4.79 Å². The number of cyclic esters (lactones) is 1. The number of nitrogens with zero attached hydrogens (tertiary/aromatic N) is 4. The number of amides is 1.